The first-order valence-corrected chi connectivity index (χ1v) is 9.76. The van der Waals surface area contributed by atoms with Crippen LogP contribution in [0.2, 0.25) is 0 Å². The van der Waals surface area contributed by atoms with Crippen molar-refractivity contribution in [2.75, 3.05) is 13.7 Å². The lowest BCUT2D eigenvalue weighted by Crippen LogP contribution is -2.48. The second-order valence-corrected chi connectivity index (χ2v) is 8.41. The Balaban J connectivity index is 1.96. The van der Waals surface area contributed by atoms with Crippen LogP contribution in [0.3, 0.4) is 0 Å². The highest BCUT2D eigenvalue weighted by Gasteiger charge is 2.40. The van der Waals surface area contributed by atoms with Gasteiger partial charge in [-0.05, 0) is 38.8 Å². The number of nitrogens with zero attached hydrogens (tertiary/aromatic N) is 1. The number of fused-ring (bicyclic) bond motifs is 3. The first kappa shape index (κ1) is 19.8. The maximum absolute atomic E-state index is 15.1. The molecule has 3 nitrogen and oxygen atoms in total. The van der Waals surface area contributed by atoms with Crippen LogP contribution in [0.15, 0.2) is 36.4 Å². The lowest BCUT2D eigenvalue weighted by atomic mass is 9.87. The van der Waals surface area contributed by atoms with E-state index in [1.54, 1.807) is 0 Å². The zero-order valence-electron chi connectivity index (χ0n) is 17.0. The second-order valence-electron chi connectivity index (χ2n) is 8.41. The number of alkyl halides is 1. The molecule has 154 valence electrons. The highest BCUT2D eigenvalue weighted by atomic mass is 19.1. The van der Waals surface area contributed by atoms with Crippen molar-refractivity contribution in [2.45, 2.75) is 44.9 Å². The van der Waals surface area contributed by atoms with Gasteiger partial charge in [0.2, 0.25) is 0 Å². The number of methoxy groups -OCH3 is 1. The van der Waals surface area contributed by atoms with Gasteiger partial charge in [0, 0.05) is 46.9 Å². The molecule has 29 heavy (non-hydrogen) atoms. The summed E-state index contributed by atoms with van der Waals surface area (Å²) in [6, 6.07) is 9.31. The number of aromatic amines is 1. The molecule has 2 heterocycles. The van der Waals surface area contributed by atoms with Crippen molar-refractivity contribution in [1.82, 2.24) is 9.88 Å². The van der Waals surface area contributed by atoms with Crippen LogP contribution < -0.4 is 4.74 Å². The van der Waals surface area contributed by atoms with E-state index in [0.717, 1.165) is 22.2 Å². The Labute approximate surface area is 168 Å². The summed E-state index contributed by atoms with van der Waals surface area (Å²) < 4.78 is 49.9. The summed E-state index contributed by atoms with van der Waals surface area (Å²) in [7, 11) is 1.37. The van der Waals surface area contributed by atoms with Crippen LogP contribution in [0.25, 0.3) is 10.9 Å². The quantitative estimate of drug-likeness (QED) is 0.621. The molecule has 1 aliphatic rings. The maximum Gasteiger partial charge on any atom is 0.135 e. The number of ether oxygens (including phenoxy) is 1. The normalized spacial score (nSPS) is 20.1. The summed E-state index contributed by atoms with van der Waals surface area (Å²) >= 11 is 0. The predicted octanol–water partition coefficient (Wildman–Crippen LogP) is 5.54. The first-order chi connectivity index (χ1) is 13.7. The van der Waals surface area contributed by atoms with Gasteiger partial charge < -0.3 is 9.72 Å². The molecule has 0 radical (unpaired) electrons. The molecule has 1 N–H and O–H groups in total. The minimum atomic E-state index is -1.52. The average Bonchev–Trinajstić information content (AvgIpc) is 3.00. The summed E-state index contributed by atoms with van der Waals surface area (Å²) in [6.07, 6.45) is 0.672. The molecule has 1 aromatic heterocycles. The van der Waals surface area contributed by atoms with E-state index in [1.165, 1.54) is 33.1 Å². The van der Waals surface area contributed by atoms with Gasteiger partial charge in [-0.3, -0.25) is 4.90 Å². The Kier molecular flexibility index (Phi) is 4.85. The number of H-pyrrole nitrogens is 1. The summed E-state index contributed by atoms with van der Waals surface area (Å²) in [4.78, 5) is 5.21. The van der Waals surface area contributed by atoms with E-state index in [2.05, 4.69) is 4.98 Å². The van der Waals surface area contributed by atoms with Gasteiger partial charge in [0.15, 0.2) is 0 Å². The van der Waals surface area contributed by atoms with Crippen molar-refractivity contribution >= 4 is 10.9 Å². The van der Waals surface area contributed by atoms with Crippen molar-refractivity contribution in [3.05, 3.63) is 64.9 Å². The first-order valence-electron chi connectivity index (χ1n) is 9.76. The fourth-order valence-corrected chi connectivity index (χ4v) is 4.44. The van der Waals surface area contributed by atoms with Crippen molar-refractivity contribution in [2.24, 2.45) is 0 Å². The molecule has 2 aromatic carbocycles. The summed E-state index contributed by atoms with van der Waals surface area (Å²) in [5.74, 6) is -1.29. The molecule has 0 fully saturated rings. The number of benzene rings is 2. The fourth-order valence-electron chi connectivity index (χ4n) is 4.44. The molecule has 0 amide bonds. The highest BCUT2D eigenvalue weighted by Crippen LogP contribution is 2.43. The van der Waals surface area contributed by atoms with Crippen molar-refractivity contribution < 1.29 is 17.9 Å². The number of para-hydroxylation sites is 1. The minimum Gasteiger partial charge on any atom is -0.497 e. The summed E-state index contributed by atoms with van der Waals surface area (Å²) in [6.45, 7) is 5.00. The van der Waals surface area contributed by atoms with Gasteiger partial charge in [0.1, 0.15) is 23.1 Å². The zero-order valence-corrected chi connectivity index (χ0v) is 17.0. The Morgan fingerprint density at radius 2 is 1.83 bits per heavy atom. The van der Waals surface area contributed by atoms with E-state index >= 15 is 8.78 Å². The standard InChI is InChI=1S/C23H25F3N2O/c1-13-9-16-15-7-5-6-8-19(15)27-21(16)22(28(13)12-23(2,3)26)20-17(24)10-14(29-4)11-18(20)25/h5-8,10-11,13,22,27H,9,12H2,1-4H3/t13-,22-/m1/s1. The number of hydrogen-bond donors (Lipinski definition) is 1. The third-order valence-electron chi connectivity index (χ3n) is 5.64. The molecule has 0 aliphatic carbocycles. The Morgan fingerprint density at radius 3 is 2.45 bits per heavy atom. The lowest BCUT2D eigenvalue weighted by molar-refractivity contribution is 0.0642. The Hall–Kier alpha value is -2.47. The van der Waals surface area contributed by atoms with E-state index in [4.69, 9.17) is 4.74 Å². The molecule has 0 saturated carbocycles. The van der Waals surface area contributed by atoms with Crippen LogP contribution >= 0.6 is 0 Å². The minimum absolute atomic E-state index is 0.0541. The Morgan fingerprint density at radius 1 is 1.17 bits per heavy atom. The molecule has 0 unspecified atom stereocenters. The number of halogens is 3. The van der Waals surface area contributed by atoms with E-state index in [-0.39, 0.29) is 23.9 Å². The van der Waals surface area contributed by atoms with Crippen LogP contribution in [0.4, 0.5) is 13.2 Å². The van der Waals surface area contributed by atoms with E-state index in [0.29, 0.717) is 6.42 Å². The number of hydrogen-bond acceptors (Lipinski definition) is 2. The van der Waals surface area contributed by atoms with Gasteiger partial charge in [-0.25, -0.2) is 13.2 Å². The van der Waals surface area contributed by atoms with Crippen molar-refractivity contribution in [3.8, 4) is 5.75 Å². The third-order valence-corrected chi connectivity index (χ3v) is 5.64. The molecule has 6 heteroatoms. The highest BCUT2D eigenvalue weighted by molar-refractivity contribution is 5.85. The second kappa shape index (κ2) is 7.10. The SMILES string of the molecule is COc1cc(F)c([C@@H]2c3[nH]c4ccccc4c3C[C@@H](C)N2CC(C)(C)F)c(F)c1. The van der Waals surface area contributed by atoms with Gasteiger partial charge in [-0.1, -0.05) is 18.2 Å². The Bertz CT molecular complexity index is 1030. The van der Waals surface area contributed by atoms with Gasteiger partial charge in [0.25, 0.3) is 0 Å². The maximum atomic E-state index is 15.1. The predicted molar refractivity (Wildman–Crippen MR) is 108 cm³/mol. The molecule has 3 aromatic rings. The lowest BCUT2D eigenvalue weighted by Gasteiger charge is -2.43. The van der Waals surface area contributed by atoms with E-state index in [9.17, 15) is 4.39 Å². The molecule has 1 aliphatic heterocycles. The molecule has 0 bridgehead atoms. The van der Waals surface area contributed by atoms with Crippen molar-refractivity contribution in [3.63, 3.8) is 0 Å². The fraction of sp³-hybridized carbons (Fsp3) is 0.391. The van der Waals surface area contributed by atoms with Crippen LogP contribution in [-0.4, -0.2) is 35.2 Å². The molecule has 0 saturated heterocycles. The largest absolute Gasteiger partial charge is 0.497 e. The summed E-state index contributed by atoms with van der Waals surface area (Å²) in [5.41, 5.74) is 1.05. The summed E-state index contributed by atoms with van der Waals surface area (Å²) in [5, 5.41) is 1.04. The smallest absolute Gasteiger partial charge is 0.135 e. The molecule has 2 atom stereocenters. The topological polar surface area (TPSA) is 28.3 Å². The zero-order chi connectivity index (χ0) is 20.9. The molecular weight excluding hydrogens is 377 g/mol. The van der Waals surface area contributed by atoms with Gasteiger partial charge in [-0.15, -0.1) is 0 Å². The third kappa shape index (κ3) is 3.50. The van der Waals surface area contributed by atoms with E-state index < -0.39 is 23.3 Å². The average molecular weight is 402 g/mol. The van der Waals surface area contributed by atoms with Crippen LogP contribution in [0, 0.1) is 11.6 Å². The number of nitrogens with one attached hydrogen (secondary N) is 1. The van der Waals surface area contributed by atoms with Crippen LogP contribution in [-0.2, 0) is 6.42 Å². The molecule has 0 spiro atoms. The number of rotatable bonds is 4. The van der Waals surface area contributed by atoms with Gasteiger partial charge >= 0.3 is 0 Å². The number of aromatic nitrogens is 1. The van der Waals surface area contributed by atoms with Gasteiger partial charge in [-0.2, -0.15) is 0 Å². The van der Waals surface area contributed by atoms with Crippen molar-refractivity contribution in [1.29, 1.82) is 0 Å². The van der Waals surface area contributed by atoms with E-state index in [1.807, 2.05) is 36.1 Å². The van der Waals surface area contributed by atoms with Crippen LogP contribution in [0.5, 0.6) is 5.75 Å². The monoisotopic (exact) mass is 402 g/mol. The van der Waals surface area contributed by atoms with Gasteiger partial charge in [0.05, 0.1) is 13.2 Å². The van der Waals surface area contributed by atoms with Crippen LogP contribution in [0.1, 0.15) is 43.6 Å². The molecule has 4 rings (SSSR count). The molecular formula is C23H25F3N2O.